The number of aromatic nitrogens is 3. The molecule has 9 aromatic rings. The van der Waals surface area contributed by atoms with Gasteiger partial charge in [0.15, 0.2) is 0 Å². The van der Waals surface area contributed by atoms with Crippen LogP contribution in [0.15, 0.2) is 140 Å². The lowest BCUT2D eigenvalue weighted by atomic mass is 10.1. The topological polar surface area (TPSA) is 22.8 Å². The standard InChI is InChI=1S/C39H23N3/c1-2-15-31-26(11-1)30-16-9-10-24-23-40-39(38(31)37(24)30)42-35-19-8-5-14-29(35)32-22-25(20-21-36(32)42)41-33-17-6-3-12-27(33)28-13-4-7-18-34(28)41/h1-23H. The highest BCUT2D eigenvalue weighted by molar-refractivity contribution is 6.18. The SMILES string of the molecule is c1ccc2c(c1)-c1cccc3cnc(-n4c5ccccc5c5cc(-n6c7ccccc7c7ccccc76)ccc54)c-2c13. The molecule has 10 rings (SSSR count). The summed E-state index contributed by atoms with van der Waals surface area (Å²) in [5, 5.41) is 7.46. The number of hydrogen-bond acceptors (Lipinski definition) is 1. The van der Waals surface area contributed by atoms with Crippen molar-refractivity contribution in [2.45, 2.75) is 0 Å². The van der Waals surface area contributed by atoms with E-state index in [4.69, 9.17) is 4.98 Å². The van der Waals surface area contributed by atoms with Gasteiger partial charge in [-0.3, -0.25) is 4.57 Å². The van der Waals surface area contributed by atoms with Crippen LogP contribution in [-0.4, -0.2) is 14.1 Å². The Morgan fingerprint density at radius 3 is 1.74 bits per heavy atom. The summed E-state index contributed by atoms with van der Waals surface area (Å²) in [7, 11) is 0. The maximum atomic E-state index is 5.16. The predicted molar refractivity (Wildman–Crippen MR) is 175 cm³/mol. The minimum absolute atomic E-state index is 0.982. The zero-order chi connectivity index (χ0) is 27.4. The van der Waals surface area contributed by atoms with Crippen molar-refractivity contribution in [1.29, 1.82) is 0 Å². The van der Waals surface area contributed by atoms with Crippen LogP contribution in [0.4, 0.5) is 0 Å². The van der Waals surface area contributed by atoms with E-state index in [1.165, 1.54) is 65.6 Å². The summed E-state index contributed by atoms with van der Waals surface area (Å²) in [6, 6.07) is 48.3. The summed E-state index contributed by atoms with van der Waals surface area (Å²) in [4.78, 5) is 5.16. The summed E-state index contributed by atoms with van der Waals surface area (Å²) in [5.41, 5.74) is 10.9. The van der Waals surface area contributed by atoms with E-state index < -0.39 is 0 Å². The molecule has 0 unspecified atom stereocenters. The first-order valence-corrected chi connectivity index (χ1v) is 14.4. The number of nitrogens with zero attached hydrogens (tertiary/aromatic N) is 3. The molecule has 1 aliphatic rings. The van der Waals surface area contributed by atoms with Crippen LogP contribution >= 0.6 is 0 Å². The first-order valence-electron chi connectivity index (χ1n) is 14.4. The van der Waals surface area contributed by atoms with Crippen LogP contribution in [0.5, 0.6) is 0 Å². The fourth-order valence-corrected chi connectivity index (χ4v) is 7.38. The van der Waals surface area contributed by atoms with E-state index >= 15 is 0 Å². The molecular formula is C39H23N3. The molecule has 0 saturated carbocycles. The van der Waals surface area contributed by atoms with Gasteiger partial charge >= 0.3 is 0 Å². The van der Waals surface area contributed by atoms with Gasteiger partial charge in [0.1, 0.15) is 5.82 Å². The predicted octanol–water partition coefficient (Wildman–Crippen LogP) is 10.1. The molecule has 6 aromatic carbocycles. The highest BCUT2D eigenvalue weighted by Crippen LogP contribution is 2.50. The molecule has 42 heavy (non-hydrogen) atoms. The van der Waals surface area contributed by atoms with E-state index in [-0.39, 0.29) is 0 Å². The number of benzene rings is 6. The largest absolute Gasteiger partial charge is 0.309 e. The molecule has 3 heteroatoms. The van der Waals surface area contributed by atoms with Gasteiger partial charge in [0, 0.05) is 49.8 Å². The molecule has 194 valence electrons. The maximum Gasteiger partial charge on any atom is 0.146 e. The first kappa shape index (κ1) is 22.1. The van der Waals surface area contributed by atoms with Gasteiger partial charge in [0.25, 0.3) is 0 Å². The van der Waals surface area contributed by atoms with Crippen LogP contribution in [0.3, 0.4) is 0 Å². The van der Waals surface area contributed by atoms with Crippen LogP contribution in [-0.2, 0) is 0 Å². The van der Waals surface area contributed by atoms with E-state index in [9.17, 15) is 0 Å². The van der Waals surface area contributed by atoms with Crippen molar-refractivity contribution in [3.8, 4) is 33.8 Å². The number of para-hydroxylation sites is 3. The van der Waals surface area contributed by atoms with Crippen molar-refractivity contribution in [1.82, 2.24) is 14.1 Å². The fourth-order valence-electron chi connectivity index (χ4n) is 7.38. The second-order valence-corrected chi connectivity index (χ2v) is 11.2. The molecule has 0 aliphatic heterocycles. The lowest BCUT2D eigenvalue weighted by Crippen LogP contribution is -2.00. The summed E-state index contributed by atoms with van der Waals surface area (Å²) >= 11 is 0. The fraction of sp³-hybridized carbons (Fsp3) is 0. The van der Waals surface area contributed by atoms with Crippen molar-refractivity contribution in [2.75, 3.05) is 0 Å². The van der Waals surface area contributed by atoms with E-state index in [0.717, 1.165) is 22.5 Å². The number of fused-ring (bicyclic) bond motifs is 9. The van der Waals surface area contributed by atoms with Gasteiger partial charge in [0.05, 0.1) is 22.1 Å². The average Bonchev–Trinajstić information content (AvgIpc) is 3.69. The summed E-state index contributed by atoms with van der Waals surface area (Å²) in [5.74, 6) is 0.982. The van der Waals surface area contributed by atoms with Gasteiger partial charge in [-0.25, -0.2) is 4.98 Å². The molecule has 0 radical (unpaired) electrons. The van der Waals surface area contributed by atoms with Crippen LogP contribution < -0.4 is 0 Å². The van der Waals surface area contributed by atoms with Crippen molar-refractivity contribution < 1.29 is 0 Å². The maximum absolute atomic E-state index is 5.16. The minimum Gasteiger partial charge on any atom is -0.309 e. The van der Waals surface area contributed by atoms with Crippen LogP contribution in [0.25, 0.3) is 88.1 Å². The van der Waals surface area contributed by atoms with E-state index in [2.05, 4.69) is 143 Å². The number of pyridine rings is 1. The van der Waals surface area contributed by atoms with Crippen molar-refractivity contribution in [2.24, 2.45) is 0 Å². The van der Waals surface area contributed by atoms with Gasteiger partial charge in [-0.1, -0.05) is 97.1 Å². The van der Waals surface area contributed by atoms with Crippen molar-refractivity contribution >= 4 is 54.4 Å². The number of rotatable bonds is 2. The molecule has 0 bridgehead atoms. The molecule has 3 heterocycles. The average molecular weight is 534 g/mol. The Balaban J connectivity index is 1.31. The summed E-state index contributed by atoms with van der Waals surface area (Å²) in [6.45, 7) is 0. The third-order valence-corrected chi connectivity index (χ3v) is 9.09. The summed E-state index contributed by atoms with van der Waals surface area (Å²) in [6.07, 6.45) is 2.04. The Morgan fingerprint density at radius 2 is 1.00 bits per heavy atom. The van der Waals surface area contributed by atoms with Crippen LogP contribution in [0, 0.1) is 0 Å². The molecule has 0 amide bonds. The molecule has 3 aromatic heterocycles. The molecule has 3 nitrogen and oxygen atoms in total. The molecule has 1 aliphatic carbocycles. The molecule has 0 N–H and O–H groups in total. The molecule has 0 spiro atoms. The van der Waals surface area contributed by atoms with E-state index in [1.807, 2.05) is 6.20 Å². The molecule has 0 fully saturated rings. The van der Waals surface area contributed by atoms with Crippen LogP contribution in [0.1, 0.15) is 0 Å². The van der Waals surface area contributed by atoms with E-state index in [1.54, 1.807) is 0 Å². The zero-order valence-corrected chi connectivity index (χ0v) is 22.6. The zero-order valence-electron chi connectivity index (χ0n) is 22.6. The highest BCUT2D eigenvalue weighted by atomic mass is 15.1. The Hall–Kier alpha value is -5.67. The lowest BCUT2D eigenvalue weighted by Gasteiger charge is -2.13. The van der Waals surface area contributed by atoms with Crippen LogP contribution in [0.2, 0.25) is 0 Å². The normalized spacial score (nSPS) is 12.3. The monoisotopic (exact) mass is 533 g/mol. The molecule has 0 atom stereocenters. The Kier molecular flexibility index (Phi) is 4.18. The smallest absolute Gasteiger partial charge is 0.146 e. The van der Waals surface area contributed by atoms with Gasteiger partial charge in [-0.2, -0.15) is 0 Å². The van der Waals surface area contributed by atoms with Gasteiger partial charge in [0.2, 0.25) is 0 Å². The minimum atomic E-state index is 0.982. The van der Waals surface area contributed by atoms with Crippen molar-refractivity contribution in [3.05, 3.63) is 140 Å². The Labute approximate surface area is 241 Å². The van der Waals surface area contributed by atoms with Crippen molar-refractivity contribution in [3.63, 3.8) is 0 Å². The quantitative estimate of drug-likeness (QED) is 0.217. The van der Waals surface area contributed by atoms with Gasteiger partial charge < -0.3 is 4.57 Å². The first-order chi connectivity index (χ1) is 20.9. The number of hydrogen-bond donors (Lipinski definition) is 0. The van der Waals surface area contributed by atoms with Gasteiger partial charge in [-0.05, 0) is 53.1 Å². The second kappa shape index (κ2) is 7.96. The Bertz CT molecular complexity index is 2530. The third kappa shape index (κ3) is 2.72. The van der Waals surface area contributed by atoms with E-state index in [0.29, 0.717) is 0 Å². The van der Waals surface area contributed by atoms with Gasteiger partial charge in [-0.15, -0.1) is 0 Å². The summed E-state index contributed by atoms with van der Waals surface area (Å²) < 4.78 is 4.76. The second-order valence-electron chi connectivity index (χ2n) is 11.2. The third-order valence-electron chi connectivity index (χ3n) is 9.09. The molecular weight excluding hydrogens is 510 g/mol. The highest BCUT2D eigenvalue weighted by Gasteiger charge is 2.27. The molecule has 0 saturated heterocycles. The Morgan fingerprint density at radius 1 is 0.429 bits per heavy atom. The lowest BCUT2D eigenvalue weighted by molar-refractivity contribution is 1.09.